The molecule has 0 aliphatic carbocycles. The summed E-state index contributed by atoms with van der Waals surface area (Å²) >= 11 is 0. The Morgan fingerprint density at radius 2 is 1.89 bits per heavy atom. The minimum Gasteiger partial charge on any atom is -0.328 e. The van der Waals surface area contributed by atoms with Gasteiger partial charge in [0, 0.05) is 44.8 Å². The van der Waals surface area contributed by atoms with Crippen LogP contribution in [0.25, 0.3) is 11.0 Å². The third-order valence-corrected chi connectivity index (χ3v) is 4.77. The van der Waals surface area contributed by atoms with E-state index in [2.05, 4.69) is 28.7 Å². The largest absolute Gasteiger partial charge is 0.401 e. The molecular formula is C18H24F3N5O. The Balaban J connectivity index is 1.63. The van der Waals surface area contributed by atoms with Crippen LogP contribution in [0.2, 0.25) is 0 Å². The standard InChI is InChI=1S/C18H24F3N5O/c1-3-16-23-14-11-13(5-6-15(14)26(16)4-2)22-17(27)25-9-7-24(8-10-25)12-18(19,20)21/h5-6,11H,3-4,7-10,12H2,1-2H3,(H,22,27). The van der Waals surface area contributed by atoms with E-state index < -0.39 is 12.7 Å². The van der Waals surface area contributed by atoms with Crippen LogP contribution >= 0.6 is 0 Å². The Hall–Kier alpha value is -2.29. The summed E-state index contributed by atoms with van der Waals surface area (Å²) in [6, 6.07) is 5.29. The zero-order valence-corrected chi connectivity index (χ0v) is 15.5. The molecule has 0 atom stereocenters. The van der Waals surface area contributed by atoms with Crippen LogP contribution in [0.5, 0.6) is 0 Å². The van der Waals surface area contributed by atoms with Crippen molar-refractivity contribution in [1.82, 2.24) is 19.4 Å². The van der Waals surface area contributed by atoms with Crippen molar-refractivity contribution in [3.05, 3.63) is 24.0 Å². The van der Waals surface area contributed by atoms with Gasteiger partial charge in [-0.1, -0.05) is 6.92 Å². The number of aromatic nitrogens is 2. The number of piperazine rings is 1. The van der Waals surface area contributed by atoms with Gasteiger partial charge >= 0.3 is 12.2 Å². The van der Waals surface area contributed by atoms with Gasteiger partial charge < -0.3 is 14.8 Å². The molecule has 9 heteroatoms. The maximum absolute atomic E-state index is 12.5. The minimum absolute atomic E-state index is 0.215. The molecule has 0 unspecified atom stereocenters. The predicted molar refractivity (Wildman–Crippen MR) is 97.9 cm³/mol. The molecule has 148 valence electrons. The number of benzene rings is 1. The van der Waals surface area contributed by atoms with E-state index in [1.165, 1.54) is 4.90 Å². The molecule has 0 bridgehead atoms. The second-order valence-corrected chi connectivity index (χ2v) is 6.64. The van der Waals surface area contributed by atoms with Gasteiger partial charge in [0.1, 0.15) is 5.82 Å². The van der Waals surface area contributed by atoms with Gasteiger partial charge in [0.25, 0.3) is 0 Å². The zero-order valence-electron chi connectivity index (χ0n) is 15.5. The lowest BCUT2D eigenvalue weighted by Gasteiger charge is -2.34. The van der Waals surface area contributed by atoms with Crippen LogP contribution in [0.15, 0.2) is 18.2 Å². The average molecular weight is 383 g/mol. The van der Waals surface area contributed by atoms with Crippen molar-refractivity contribution in [2.75, 3.05) is 38.0 Å². The first-order chi connectivity index (χ1) is 12.8. The molecule has 3 rings (SSSR count). The van der Waals surface area contributed by atoms with E-state index in [1.54, 1.807) is 4.90 Å². The van der Waals surface area contributed by atoms with E-state index in [0.717, 1.165) is 29.8 Å². The van der Waals surface area contributed by atoms with Crippen molar-refractivity contribution in [3.63, 3.8) is 0 Å². The summed E-state index contributed by atoms with van der Waals surface area (Å²) < 4.78 is 39.5. The van der Waals surface area contributed by atoms with Crippen molar-refractivity contribution >= 4 is 22.8 Å². The number of halogens is 3. The molecule has 0 saturated carbocycles. The normalized spacial score (nSPS) is 16.1. The third kappa shape index (κ3) is 4.52. The number of anilines is 1. The molecule has 0 radical (unpaired) electrons. The van der Waals surface area contributed by atoms with E-state index >= 15 is 0 Å². The molecule has 1 fully saturated rings. The Morgan fingerprint density at radius 1 is 1.19 bits per heavy atom. The highest BCUT2D eigenvalue weighted by atomic mass is 19.4. The molecule has 1 aromatic carbocycles. The summed E-state index contributed by atoms with van der Waals surface area (Å²) in [7, 11) is 0. The summed E-state index contributed by atoms with van der Waals surface area (Å²) in [4.78, 5) is 19.9. The van der Waals surface area contributed by atoms with Crippen molar-refractivity contribution in [3.8, 4) is 0 Å². The molecule has 2 amide bonds. The van der Waals surface area contributed by atoms with Crippen LogP contribution in [-0.4, -0.2) is 64.3 Å². The lowest BCUT2D eigenvalue weighted by Crippen LogP contribution is -2.51. The number of fused-ring (bicyclic) bond motifs is 1. The number of urea groups is 1. The molecule has 27 heavy (non-hydrogen) atoms. The Bertz CT molecular complexity index is 809. The smallest absolute Gasteiger partial charge is 0.328 e. The molecule has 1 saturated heterocycles. The quantitative estimate of drug-likeness (QED) is 0.881. The molecule has 2 aromatic rings. The van der Waals surface area contributed by atoms with E-state index in [9.17, 15) is 18.0 Å². The van der Waals surface area contributed by atoms with Gasteiger partial charge in [0.2, 0.25) is 0 Å². The van der Waals surface area contributed by atoms with Crippen molar-refractivity contribution in [2.45, 2.75) is 33.0 Å². The van der Waals surface area contributed by atoms with Crippen molar-refractivity contribution in [2.24, 2.45) is 0 Å². The molecule has 1 N–H and O–H groups in total. The lowest BCUT2D eigenvalue weighted by molar-refractivity contribution is -0.148. The zero-order chi connectivity index (χ0) is 19.6. The molecule has 1 aromatic heterocycles. The Morgan fingerprint density at radius 3 is 2.48 bits per heavy atom. The van der Waals surface area contributed by atoms with Gasteiger partial charge in [-0.3, -0.25) is 4.90 Å². The van der Waals surface area contributed by atoms with Crippen LogP contribution in [-0.2, 0) is 13.0 Å². The number of hydrogen-bond acceptors (Lipinski definition) is 3. The van der Waals surface area contributed by atoms with E-state index in [1.807, 2.05) is 18.2 Å². The number of carbonyl (C=O) groups is 1. The topological polar surface area (TPSA) is 53.4 Å². The molecule has 2 heterocycles. The van der Waals surface area contributed by atoms with Crippen molar-refractivity contribution < 1.29 is 18.0 Å². The SMILES string of the molecule is CCc1nc2cc(NC(=O)N3CCN(CC(F)(F)F)CC3)ccc2n1CC. The fourth-order valence-electron chi connectivity index (χ4n) is 3.45. The highest BCUT2D eigenvalue weighted by molar-refractivity contribution is 5.92. The van der Waals surface area contributed by atoms with E-state index in [0.29, 0.717) is 5.69 Å². The van der Waals surface area contributed by atoms with Gasteiger partial charge in [0.05, 0.1) is 17.6 Å². The number of imidazole rings is 1. The highest BCUT2D eigenvalue weighted by Gasteiger charge is 2.32. The number of alkyl halides is 3. The van der Waals surface area contributed by atoms with Crippen LogP contribution in [0, 0.1) is 0 Å². The van der Waals surface area contributed by atoms with Gasteiger partial charge in [0.15, 0.2) is 0 Å². The second-order valence-electron chi connectivity index (χ2n) is 6.64. The Kier molecular flexibility index (Phi) is 5.59. The molecular weight excluding hydrogens is 359 g/mol. The van der Waals surface area contributed by atoms with Crippen LogP contribution in [0.4, 0.5) is 23.7 Å². The number of rotatable bonds is 4. The summed E-state index contributed by atoms with van der Waals surface area (Å²) in [6.07, 6.45) is -3.38. The third-order valence-electron chi connectivity index (χ3n) is 4.77. The first-order valence-electron chi connectivity index (χ1n) is 9.15. The summed E-state index contributed by atoms with van der Waals surface area (Å²) in [5.74, 6) is 0.997. The molecule has 6 nitrogen and oxygen atoms in total. The minimum atomic E-state index is -4.21. The molecule has 0 spiro atoms. The molecule has 1 aliphatic rings. The predicted octanol–water partition coefficient (Wildman–Crippen LogP) is 3.33. The van der Waals surface area contributed by atoms with E-state index in [4.69, 9.17) is 0 Å². The number of nitrogens with one attached hydrogen (secondary N) is 1. The lowest BCUT2D eigenvalue weighted by atomic mass is 10.2. The van der Waals surface area contributed by atoms with Crippen molar-refractivity contribution in [1.29, 1.82) is 0 Å². The summed E-state index contributed by atoms with van der Waals surface area (Å²) in [6.45, 7) is 4.98. The van der Waals surface area contributed by atoms with Gasteiger partial charge in [-0.05, 0) is 25.1 Å². The fourth-order valence-corrected chi connectivity index (χ4v) is 3.45. The number of amides is 2. The monoisotopic (exact) mass is 383 g/mol. The second kappa shape index (κ2) is 7.75. The first-order valence-corrected chi connectivity index (χ1v) is 9.15. The number of carbonyl (C=O) groups excluding carboxylic acids is 1. The number of aryl methyl sites for hydroxylation is 2. The fraction of sp³-hybridized carbons (Fsp3) is 0.556. The van der Waals surface area contributed by atoms with Gasteiger partial charge in [-0.2, -0.15) is 13.2 Å². The maximum atomic E-state index is 12.5. The van der Waals surface area contributed by atoms with Crippen LogP contribution < -0.4 is 5.32 Å². The van der Waals surface area contributed by atoms with Crippen LogP contribution in [0.3, 0.4) is 0 Å². The van der Waals surface area contributed by atoms with Gasteiger partial charge in [-0.15, -0.1) is 0 Å². The number of hydrogen-bond donors (Lipinski definition) is 1. The molecule has 1 aliphatic heterocycles. The summed E-state index contributed by atoms with van der Waals surface area (Å²) in [5, 5.41) is 2.83. The van der Waals surface area contributed by atoms with Crippen LogP contribution in [0.1, 0.15) is 19.7 Å². The first kappa shape index (κ1) is 19.5. The maximum Gasteiger partial charge on any atom is 0.401 e. The highest BCUT2D eigenvalue weighted by Crippen LogP contribution is 2.22. The summed E-state index contributed by atoms with van der Waals surface area (Å²) in [5.41, 5.74) is 2.48. The van der Waals surface area contributed by atoms with Gasteiger partial charge in [-0.25, -0.2) is 9.78 Å². The number of nitrogens with zero attached hydrogens (tertiary/aromatic N) is 4. The Labute approximate surface area is 155 Å². The van der Waals surface area contributed by atoms with E-state index in [-0.39, 0.29) is 32.2 Å². The average Bonchev–Trinajstić information content (AvgIpc) is 2.97.